The van der Waals surface area contributed by atoms with E-state index in [1.165, 1.54) is 6.08 Å². The van der Waals surface area contributed by atoms with Crippen LogP contribution in [0.4, 0.5) is 0 Å². The molecule has 0 aliphatic heterocycles. The summed E-state index contributed by atoms with van der Waals surface area (Å²) in [5.41, 5.74) is -0.878. The van der Waals surface area contributed by atoms with Gasteiger partial charge in [-0.05, 0) is 50.3 Å². The number of rotatable bonds is 3. The highest BCUT2D eigenvalue weighted by molar-refractivity contribution is 5.70. The van der Waals surface area contributed by atoms with Crippen LogP contribution >= 0.6 is 0 Å². The lowest BCUT2D eigenvalue weighted by Gasteiger charge is -2.44. The summed E-state index contributed by atoms with van der Waals surface area (Å²) in [6.45, 7) is 1.28. The summed E-state index contributed by atoms with van der Waals surface area (Å²) in [7, 11) is 0. The molecule has 2 N–H and O–H groups in total. The number of carbonyl (C=O) groups is 1. The lowest BCUT2D eigenvalue weighted by atomic mass is 9.62. The van der Waals surface area contributed by atoms with Crippen LogP contribution in [0.25, 0.3) is 0 Å². The van der Waals surface area contributed by atoms with Crippen LogP contribution in [0.3, 0.4) is 0 Å². The third kappa shape index (κ3) is 2.70. The molecular formula is C15H24O4. The van der Waals surface area contributed by atoms with Crippen molar-refractivity contribution in [2.45, 2.75) is 52.0 Å². The molecule has 0 heterocycles. The van der Waals surface area contributed by atoms with Crippen molar-refractivity contribution in [2.75, 3.05) is 0 Å². The van der Waals surface area contributed by atoms with Crippen LogP contribution in [0.15, 0.2) is 11.6 Å². The fourth-order valence-corrected chi connectivity index (χ4v) is 3.57. The zero-order valence-electron chi connectivity index (χ0n) is 14.4. The maximum absolute atomic E-state index is 11.4. The Morgan fingerprint density at radius 1 is 1.58 bits per heavy atom. The Morgan fingerprint density at radius 2 is 2.32 bits per heavy atom. The molecule has 1 fully saturated rings. The summed E-state index contributed by atoms with van der Waals surface area (Å²) in [6.07, 6.45) is 3.97. The highest BCUT2D eigenvalue weighted by Crippen LogP contribution is 2.48. The molecule has 108 valence electrons. The van der Waals surface area contributed by atoms with Gasteiger partial charge in [-0.1, -0.05) is 25.5 Å². The zero-order chi connectivity index (χ0) is 16.7. The average Bonchev–Trinajstić information content (AvgIpc) is 2.45. The van der Waals surface area contributed by atoms with Crippen molar-refractivity contribution in [1.29, 1.82) is 0 Å². The van der Waals surface area contributed by atoms with Gasteiger partial charge < -0.3 is 5.11 Å². The topological polar surface area (TPSA) is 66.8 Å². The van der Waals surface area contributed by atoms with Crippen LogP contribution in [0, 0.1) is 23.7 Å². The molecule has 0 aromatic rings. The van der Waals surface area contributed by atoms with Gasteiger partial charge >= 0.3 is 5.97 Å². The SMILES string of the molecule is [2H]C([2H])([2H])[C@]1(OO)C=C2[C@H](C(C)C(=O)O)CC[C@@H](C)[C@@H]2CC1. The number of carboxylic acids is 1. The molecule has 2 rings (SSSR count). The van der Waals surface area contributed by atoms with Gasteiger partial charge in [-0.25, -0.2) is 4.89 Å². The summed E-state index contributed by atoms with van der Waals surface area (Å²) in [6, 6.07) is 0. The smallest absolute Gasteiger partial charge is 0.306 e. The van der Waals surface area contributed by atoms with E-state index in [1.54, 1.807) is 6.92 Å². The first-order chi connectivity index (χ1) is 10.1. The molecule has 2 aliphatic carbocycles. The van der Waals surface area contributed by atoms with Crippen LogP contribution in [0.1, 0.15) is 50.5 Å². The van der Waals surface area contributed by atoms with E-state index in [4.69, 9.17) is 4.11 Å². The second-order valence-electron chi connectivity index (χ2n) is 6.06. The molecule has 0 radical (unpaired) electrons. The molecule has 0 bridgehead atoms. The Kier molecular flexibility index (Phi) is 3.00. The first-order valence-corrected chi connectivity index (χ1v) is 6.91. The number of carboxylic acid groups (broad SMARTS) is 1. The molecule has 4 nitrogen and oxygen atoms in total. The van der Waals surface area contributed by atoms with Gasteiger partial charge in [0.1, 0.15) is 5.60 Å². The molecule has 4 heteroatoms. The quantitative estimate of drug-likeness (QED) is 0.469. The van der Waals surface area contributed by atoms with Gasteiger partial charge in [-0.15, -0.1) is 0 Å². The molecular weight excluding hydrogens is 244 g/mol. The number of aliphatic carboxylic acids is 1. The number of fused-ring (bicyclic) bond motifs is 1. The normalized spacial score (nSPS) is 43.2. The number of hydrogen-bond donors (Lipinski definition) is 2. The minimum atomic E-state index is -2.49. The lowest BCUT2D eigenvalue weighted by Crippen LogP contribution is -2.39. The highest BCUT2D eigenvalue weighted by Gasteiger charge is 2.42. The van der Waals surface area contributed by atoms with Gasteiger partial charge in [0.05, 0.1) is 5.92 Å². The summed E-state index contributed by atoms with van der Waals surface area (Å²) in [5.74, 6) is -1.10. The van der Waals surface area contributed by atoms with E-state index in [2.05, 4.69) is 11.8 Å². The molecule has 1 saturated carbocycles. The molecule has 0 aromatic carbocycles. The maximum atomic E-state index is 11.4. The molecule has 19 heavy (non-hydrogen) atoms. The van der Waals surface area contributed by atoms with Gasteiger partial charge in [0, 0.05) is 4.11 Å². The van der Waals surface area contributed by atoms with Gasteiger partial charge in [0.25, 0.3) is 0 Å². The van der Waals surface area contributed by atoms with E-state index in [0.29, 0.717) is 12.3 Å². The molecule has 0 saturated heterocycles. The molecule has 0 spiro atoms. The minimum absolute atomic E-state index is 0.172. The van der Waals surface area contributed by atoms with Crippen molar-refractivity contribution >= 4 is 5.97 Å². The fraction of sp³-hybridized carbons (Fsp3) is 0.800. The van der Waals surface area contributed by atoms with Gasteiger partial charge in [-0.2, -0.15) is 0 Å². The Labute approximate surface area is 118 Å². The Morgan fingerprint density at radius 3 is 2.89 bits per heavy atom. The summed E-state index contributed by atoms with van der Waals surface area (Å²) in [4.78, 5) is 15.8. The lowest BCUT2D eigenvalue weighted by molar-refractivity contribution is -0.306. The third-order valence-corrected chi connectivity index (χ3v) is 4.86. The van der Waals surface area contributed by atoms with Gasteiger partial charge in [0.15, 0.2) is 0 Å². The van der Waals surface area contributed by atoms with E-state index >= 15 is 0 Å². The molecule has 2 aliphatic rings. The second-order valence-corrected chi connectivity index (χ2v) is 6.06. The molecule has 5 atom stereocenters. The van der Waals surface area contributed by atoms with Crippen molar-refractivity contribution in [2.24, 2.45) is 23.7 Å². The molecule has 0 amide bonds. The van der Waals surface area contributed by atoms with Gasteiger partial charge in [0.2, 0.25) is 0 Å². The van der Waals surface area contributed by atoms with Gasteiger partial charge in [-0.3, -0.25) is 10.1 Å². The summed E-state index contributed by atoms with van der Waals surface area (Å²) >= 11 is 0. The van der Waals surface area contributed by atoms with Crippen molar-refractivity contribution in [3.63, 3.8) is 0 Å². The van der Waals surface area contributed by atoms with Crippen LogP contribution in [-0.4, -0.2) is 21.9 Å². The average molecular weight is 271 g/mol. The van der Waals surface area contributed by atoms with Crippen molar-refractivity contribution in [1.82, 2.24) is 0 Å². The minimum Gasteiger partial charge on any atom is -0.481 e. The Bertz CT molecular complexity index is 474. The van der Waals surface area contributed by atoms with Crippen molar-refractivity contribution < 1.29 is 24.2 Å². The first kappa shape index (κ1) is 10.9. The van der Waals surface area contributed by atoms with Crippen LogP contribution in [0.5, 0.6) is 0 Å². The number of allylic oxidation sites excluding steroid dienone is 1. The second kappa shape index (κ2) is 5.25. The summed E-state index contributed by atoms with van der Waals surface area (Å²) < 4.78 is 23.0. The van der Waals surface area contributed by atoms with E-state index in [0.717, 1.165) is 18.4 Å². The maximum Gasteiger partial charge on any atom is 0.306 e. The highest BCUT2D eigenvalue weighted by atomic mass is 17.1. The third-order valence-electron chi connectivity index (χ3n) is 4.86. The van der Waals surface area contributed by atoms with E-state index in [-0.39, 0.29) is 18.3 Å². The largest absolute Gasteiger partial charge is 0.481 e. The standard InChI is InChI=1S/C15H24O4/c1-9-4-5-12(10(2)14(16)17)13-8-15(3,19-18)7-6-11(9)13/h8-12,18H,4-7H2,1-3H3,(H,16,17)/t9-,10?,11+,12+,15-/m1/s1/i3D3. The van der Waals surface area contributed by atoms with E-state index in [9.17, 15) is 15.2 Å². The Balaban J connectivity index is 2.46. The monoisotopic (exact) mass is 271 g/mol. The van der Waals surface area contributed by atoms with Crippen molar-refractivity contribution in [3.8, 4) is 0 Å². The van der Waals surface area contributed by atoms with E-state index in [1.807, 2.05) is 0 Å². The van der Waals surface area contributed by atoms with Crippen LogP contribution < -0.4 is 0 Å². The Hall–Kier alpha value is -0.870. The zero-order valence-corrected chi connectivity index (χ0v) is 11.4. The molecule has 1 unspecified atom stereocenters. The first-order valence-electron chi connectivity index (χ1n) is 8.41. The van der Waals surface area contributed by atoms with Crippen molar-refractivity contribution in [3.05, 3.63) is 11.6 Å². The fourth-order valence-electron chi connectivity index (χ4n) is 3.57. The van der Waals surface area contributed by atoms with Crippen LogP contribution in [0.2, 0.25) is 0 Å². The van der Waals surface area contributed by atoms with E-state index < -0.39 is 24.3 Å². The van der Waals surface area contributed by atoms with Crippen LogP contribution in [-0.2, 0) is 9.68 Å². The predicted octanol–water partition coefficient (Wildman–Crippen LogP) is 3.34. The molecule has 0 aromatic heterocycles. The predicted molar refractivity (Wildman–Crippen MR) is 71.6 cm³/mol. The number of hydrogen-bond acceptors (Lipinski definition) is 3. The summed E-state index contributed by atoms with van der Waals surface area (Å²) in [5, 5.41) is 18.6.